The number of nitrogens with one attached hydrogen (secondary N) is 2. The zero-order chi connectivity index (χ0) is 17.8. The number of likely N-dealkylation sites (N-methyl/N-ethyl adjacent to an activating group) is 1. The highest BCUT2D eigenvalue weighted by Gasteiger charge is 2.24. The summed E-state index contributed by atoms with van der Waals surface area (Å²) >= 11 is 0. The number of ether oxygens (including phenoxy) is 2. The van der Waals surface area contributed by atoms with Crippen molar-refractivity contribution in [3.8, 4) is 11.5 Å². The highest BCUT2D eigenvalue weighted by molar-refractivity contribution is 5.81. The van der Waals surface area contributed by atoms with Gasteiger partial charge in [0, 0.05) is 6.04 Å². The Morgan fingerprint density at radius 2 is 1.84 bits per heavy atom. The van der Waals surface area contributed by atoms with E-state index in [1.807, 2.05) is 25.1 Å². The molecule has 3 rings (SSSR count). The minimum Gasteiger partial charge on any atom is -0.486 e. The molecule has 2 N–H and O–H groups in total. The quantitative estimate of drug-likeness (QED) is 0.764. The highest BCUT2D eigenvalue weighted by atomic mass is 16.6. The molecular weight excluding hydrogens is 322 g/mol. The third-order valence-corrected chi connectivity index (χ3v) is 4.21. The molecule has 1 aromatic rings. The fraction of sp³-hybridized carbons (Fsp3) is 0.556. The molecule has 1 saturated carbocycles. The summed E-state index contributed by atoms with van der Waals surface area (Å²) in [7, 11) is 1.76. The zero-order valence-corrected chi connectivity index (χ0v) is 14.7. The number of fused-ring (bicyclic) bond motifs is 1. The van der Waals surface area contributed by atoms with E-state index in [0.717, 1.165) is 24.2 Å². The van der Waals surface area contributed by atoms with Crippen molar-refractivity contribution in [2.24, 2.45) is 0 Å². The number of hydrogen-bond donors (Lipinski definition) is 2. The second-order valence-electron chi connectivity index (χ2n) is 6.71. The molecule has 7 heteroatoms. The normalized spacial score (nSPS) is 17.1. The van der Waals surface area contributed by atoms with Crippen LogP contribution in [0.1, 0.15) is 31.4 Å². The molecular formula is C18H25N3O4. The summed E-state index contributed by atoms with van der Waals surface area (Å²) in [6.07, 6.45) is 2.12. The first-order valence-electron chi connectivity index (χ1n) is 8.68. The number of carbonyl (C=O) groups excluding carboxylic acids is 2. The van der Waals surface area contributed by atoms with Crippen LogP contribution in [0.15, 0.2) is 18.2 Å². The van der Waals surface area contributed by atoms with Gasteiger partial charge in [0.05, 0.1) is 19.1 Å². The lowest BCUT2D eigenvalue weighted by atomic mass is 10.1. The monoisotopic (exact) mass is 347 g/mol. The van der Waals surface area contributed by atoms with Crippen molar-refractivity contribution in [1.29, 1.82) is 0 Å². The molecule has 136 valence electrons. The molecule has 1 unspecified atom stereocenters. The van der Waals surface area contributed by atoms with Crippen LogP contribution in [0.2, 0.25) is 0 Å². The van der Waals surface area contributed by atoms with Crippen molar-refractivity contribution < 1.29 is 19.1 Å². The predicted octanol–water partition coefficient (Wildman–Crippen LogP) is 0.845. The number of amides is 2. The van der Waals surface area contributed by atoms with E-state index in [1.54, 1.807) is 11.9 Å². The van der Waals surface area contributed by atoms with E-state index in [-0.39, 0.29) is 30.9 Å². The maximum atomic E-state index is 12.2. The molecule has 0 bridgehead atoms. The Morgan fingerprint density at radius 1 is 1.16 bits per heavy atom. The first kappa shape index (κ1) is 17.5. The number of nitrogens with zero attached hydrogens (tertiary/aromatic N) is 1. The van der Waals surface area contributed by atoms with E-state index >= 15 is 0 Å². The SMILES string of the molecule is CC(NC(=O)CN(C)CC(=O)NC1CC1)c1ccc2c(c1)OCCO2. The molecule has 1 atom stereocenters. The van der Waals surface area contributed by atoms with Gasteiger partial charge in [-0.15, -0.1) is 0 Å². The van der Waals surface area contributed by atoms with Gasteiger partial charge in [0.1, 0.15) is 13.2 Å². The number of rotatable bonds is 7. The van der Waals surface area contributed by atoms with Crippen LogP contribution in [0.25, 0.3) is 0 Å². The van der Waals surface area contributed by atoms with Crippen LogP contribution in [0.4, 0.5) is 0 Å². The van der Waals surface area contributed by atoms with Gasteiger partial charge < -0.3 is 20.1 Å². The van der Waals surface area contributed by atoms with Gasteiger partial charge in [-0.1, -0.05) is 6.07 Å². The van der Waals surface area contributed by atoms with Crippen LogP contribution in [-0.2, 0) is 9.59 Å². The summed E-state index contributed by atoms with van der Waals surface area (Å²) in [6.45, 7) is 3.41. The van der Waals surface area contributed by atoms with E-state index in [4.69, 9.17) is 9.47 Å². The molecule has 1 aliphatic heterocycles. The predicted molar refractivity (Wildman–Crippen MR) is 92.7 cm³/mol. The van der Waals surface area contributed by atoms with Gasteiger partial charge >= 0.3 is 0 Å². The van der Waals surface area contributed by atoms with Gasteiger partial charge in [-0.2, -0.15) is 0 Å². The standard InChI is InChI=1S/C18H25N3O4/c1-12(13-3-6-15-16(9-13)25-8-7-24-15)19-17(22)10-21(2)11-18(23)20-14-4-5-14/h3,6,9,12,14H,4-5,7-8,10-11H2,1-2H3,(H,19,22)(H,20,23). The fourth-order valence-corrected chi connectivity index (χ4v) is 2.75. The minimum absolute atomic E-state index is 0.0299. The van der Waals surface area contributed by atoms with Gasteiger partial charge in [0.15, 0.2) is 11.5 Å². The van der Waals surface area contributed by atoms with Crippen molar-refractivity contribution in [1.82, 2.24) is 15.5 Å². The maximum Gasteiger partial charge on any atom is 0.234 e. The van der Waals surface area contributed by atoms with Crippen LogP contribution in [0.3, 0.4) is 0 Å². The first-order valence-corrected chi connectivity index (χ1v) is 8.68. The lowest BCUT2D eigenvalue weighted by molar-refractivity contribution is -0.125. The second kappa shape index (κ2) is 7.74. The molecule has 2 amide bonds. The molecule has 0 spiro atoms. The first-order chi connectivity index (χ1) is 12.0. The van der Waals surface area contributed by atoms with E-state index in [2.05, 4.69) is 10.6 Å². The van der Waals surface area contributed by atoms with Crippen LogP contribution in [0.5, 0.6) is 11.5 Å². The van der Waals surface area contributed by atoms with Crippen LogP contribution in [-0.4, -0.2) is 56.1 Å². The Kier molecular flexibility index (Phi) is 5.43. The van der Waals surface area contributed by atoms with Gasteiger partial charge in [-0.05, 0) is 44.5 Å². The summed E-state index contributed by atoms with van der Waals surface area (Å²) in [5.41, 5.74) is 0.951. The second-order valence-corrected chi connectivity index (χ2v) is 6.71. The molecule has 1 aliphatic carbocycles. The lowest BCUT2D eigenvalue weighted by Crippen LogP contribution is -2.41. The van der Waals surface area contributed by atoms with E-state index in [1.165, 1.54) is 0 Å². The average molecular weight is 347 g/mol. The van der Waals surface area contributed by atoms with Crippen molar-refractivity contribution in [2.75, 3.05) is 33.4 Å². The smallest absolute Gasteiger partial charge is 0.234 e. The number of carbonyl (C=O) groups is 2. The van der Waals surface area contributed by atoms with Crippen molar-refractivity contribution in [2.45, 2.75) is 31.8 Å². The minimum atomic E-state index is -0.156. The molecule has 7 nitrogen and oxygen atoms in total. The van der Waals surface area contributed by atoms with Gasteiger partial charge in [-0.25, -0.2) is 0 Å². The van der Waals surface area contributed by atoms with E-state index in [9.17, 15) is 9.59 Å². The average Bonchev–Trinajstić information content (AvgIpc) is 3.37. The van der Waals surface area contributed by atoms with Crippen LogP contribution < -0.4 is 20.1 Å². The Hall–Kier alpha value is -2.28. The Labute approximate surface area is 147 Å². The third kappa shape index (κ3) is 5.09. The number of hydrogen-bond acceptors (Lipinski definition) is 5. The molecule has 0 radical (unpaired) electrons. The highest BCUT2D eigenvalue weighted by Crippen LogP contribution is 2.32. The van der Waals surface area contributed by atoms with E-state index in [0.29, 0.717) is 25.0 Å². The molecule has 2 aliphatic rings. The number of benzene rings is 1. The molecule has 1 fully saturated rings. The summed E-state index contributed by atoms with van der Waals surface area (Å²) in [6, 6.07) is 5.86. The van der Waals surface area contributed by atoms with Crippen molar-refractivity contribution in [3.63, 3.8) is 0 Å². The summed E-state index contributed by atoms with van der Waals surface area (Å²) in [5.74, 6) is 1.29. The summed E-state index contributed by atoms with van der Waals surface area (Å²) in [5, 5.41) is 5.87. The topological polar surface area (TPSA) is 79.9 Å². The van der Waals surface area contributed by atoms with Crippen molar-refractivity contribution in [3.05, 3.63) is 23.8 Å². The maximum absolute atomic E-state index is 12.2. The zero-order valence-electron chi connectivity index (χ0n) is 14.7. The lowest BCUT2D eigenvalue weighted by Gasteiger charge is -2.22. The molecule has 0 aromatic heterocycles. The largest absolute Gasteiger partial charge is 0.486 e. The van der Waals surface area contributed by atoms with Crippen LogP contribution >= 0.6 is 0 Å². The molecule has 1 aromatic carbocycles. The summed E-state index contributed by atoms with van der Waals surface area (Å²) in [4.78, 5) is 25.7. The Bertz CT molecular complexity index is 645. The van der Waals surface area contributed by atoms with Gasteiger partial charge in [0.25, 0.3) is 0 Å². The van der Waals surface area contributed by atoms with Gasteiger partial charge in [0.2, 0.25) is 11.8 Å². The Morgan fingerprint density at radius 3 is 2.56 bits per heavy atom. The molecule has 1 heterocycles. The van der Waals surface area contributed by atoms with Crippen molar-refractivity contribution >= 4 is 11.8 Å². The third-order valence-electron chi connectivity index (χ3n) is 4.21. The molecule has 0 saturated heterocycles. The van der Waals surface area contributed by atoms with E-state index < -0.39 is 0 Å². The van der Waals surface area contributed by atoms with Gasteiger partial charge in [-0.3, -0.25) is 14.5 Å². The summed E-state index contributed by atoms with van der Waals surface area (Å²) < 4.78 is 11.1. The fourth-order valence-electron chi connectivity index (χ4n) is 2.75. The molecule has 25 heavy (non-hydrogen) atoms. The van der Waals surface area contributed by atoms with Crippen LogP contribution in [0, 0.1) is 0 Å². The Balaban J connectivity index is 1.47.